The topological polar surface area (TPSA) is 41.5 Å². The van der Waals surface area contributed by atoms with Crippen molar-refractivity contribution in [3.8, 4) is 5.75 Å². The van der Waals surface area contributed by atoms with E-state index in [-0.39, 0.29) is 6.04 Å². The average molecular weight is 263 g/mol. The number of hydrogen-bond donors (Lipinski definition) is 2. The van der Waals surface area contributed by atoms with E-state index < -0.39 is 6.10 Å². The first kappa shape index (κ1) is 14.4. The molecule has 1 aromatic carbocycles. The summed E-state index contributed by atoms with van der Waals surface area (Å²) in [5.74, 6) is 1.53. The van der Waals surface area contributed by atoms with Gasteiger partial charge in [-0.15, -0.1) is 0 Å². The van der Waals surface area contributed by atoms with Crippen LogP contribution >= 0.6 is 0 Å². The van der Waals surface area contributed by atoms with Gasteiger partial charge in [0.25, 0.3) is 0 Å². The smallest absolute Gasteiger partial charge is 0.125 e. The van der Waals surface area contributed by atoms with Gasteiger partial charge in [-0.1, -0.05) is 31.5 Å². The first-order valence-electron chi connectivity index (χ1n) is 7.39. The van der Waals surface area contributed by atoms with Crippen LogP contribution in [-0.4, -0.2) is 24.3 Å². The van der Waals surface area contributed by atoms with E-state index in [1.54, 1.807) is 0 Å². The Labute approximate surface area is 116 Å². The molecular formula is C16H25NO2. The molecule has 2 N–H and O–H groups in total. The number of aliphatic hydroxyl groups is 1. The molecule has 106 valence electrons. The molecule has 3 atom stereocenters. The number of ether oxygens (including phenoxy) is 1. The summed E-state index contributed by atoms with van der Waals surface area (Å²) in [5, 5.41) is 14.1. The largest absolute Gasteiger partial charge is 0.493 e. The molecule has 3 unspecified atom stereocenters. The molecule has 1 aromatic rings. The number of rotatable bonds is 5. The molecule has 0 aliphatic carbocycles. The van der Waals surface area contributed by atoms with Crippen molar-refractivity contribution in [2.75, 3.05) is 13.2 Å². The zero-order chi connectivity index (χ0) is 13.7. The van der Waals surface area contributed by atoms with Crippen molar-refractivity contribution < 1.29 is 9.84 Å². The molecule has 19 heavy (non-hydrogen) atoms. The molecule has 1 aliphatic rings. The summed E-state index contributed by atoms with van der Waals surface area (Å²) in [6.07, 6.45) is 2.96. The summed E-state index contributed by atoms with van der Waals surface area (Å²) >= 11 is 0. The second-order valence-electron chi connectivity index (χ2n) is 5.27. The Hall–Kier alpha value is -1.06. The van der Waals surface area contributed by atoms with Crippen molar-refractivity contribution in [3.63, 3.8) is 0 Å². The lowest BCUT2D eigenvalue weighted by Gasteiger charge is -2.33. The first-order chi connectivity index (χ1) is 9.26. The Morgan fingerprint density at radius 1 is 1.37 bits per heavy atom. The number of piperidine rings is 1. The van der Waals surface area contributed by atoms with E-state index in [9.17, 15) is 5.11 Å². The zero-order valence-corrected chi connectivity index (χ0v) is 11.9. The molecule has 0 saturated carbocycles. The second kappa shape index (κ2) is 6.92. The number of hydrogen-bond acceptors (Lipinski definition) is 3. The molecule has 1 aliphatic heterocycles. The Balaban J connectivity index is 2.12. The molecule has 1 fully saturated rings. The van der Waals surface area contributed by atoms with Crippen molar-refractivity contribution in [1.82, 2.24) is 5.32 Å². The standard InChI is InChI=1S/C16H25NO2/c1-3-12-9-10-17-14(11-12)16(18)13-7-5-6-8-15(13)19-4-2/h5-8,12,14,16-18H,3-4,9-11H2,1-2H3. The normalized spacial score (nSPS) is 25.0. The molecule has 3 nitrogen and oxygen atoms in total. The van der Waals surface area contributed by atoms with Crippen LogP contribution in [0.1, 0.15) is 44.8 Å². The fourth-order valence-electron chi connectivity index (χ4n) is 2.87. The lowest BCUT2D eigenvalue weighted by Crippen LogP contribution is -2.42. The summed E-state index contributed by atoms with van der Waals surface area (Å²) in [7, 11) is 0. The molecule has 0 bridgehead atoms. The van der Waals surface area contributed by atoms with Crippen LogP contribution in [0.4, 0.5) is 0 Å². The fourth-order valence-corrected chi connectivity index (χ4v) is 2.87. The van der Waals surface area contributed by atoms with Gasteiger partial charge in [0, 0.05) is 11.6 Å². The number of para-hydroxylation sites is 1. The van der Waals surface area contributed by atoms with Gasteiger partial charge in [-0.25, -0.2) is 0 Å². The summed E-state index contributed by atoms with van der Waals surface area (Å²) in [6.45, 7) is 5.82. The lowest BCUT2D eigenvalue weighted by atomic mass is 9.86. The maximum Gasteiger partial charge on any atom is 0.125 e. The highest BCUT2D eigenvalue weighted by Gasteiger charge is 2.28. The van der Waals surface area contributed by atoms with E-state index in [1.165, 1.54) is 12.8 Å². The zero-order valence-electron chi connectivity index (χ0n) is 11.9. The molecular weight excluding hydrogens is 238 g/mol. The summed E-state index contributed by atoms with van der Waals surface area (Å²) in [4.78, 5) is 0. The van der Waals surface area contributed by atoms with Gasteiger partial charge >= 0.3 is 0 Å². The lowest BCUT2D eigenvalue weighted by molar-refractivity contribution is 0.0949. The molecule has 0 aromatic heterocycles. The van der Waals surface area contributed by atoms with E-state index in [0.717, 1.165) is 30.2 Å². The Bertz CT molecular complexity index is 394. The van der Waals surface area contributed by atoms with Crippen molar-refractivity contribution in [1.29, 1.82) is 0 Å². The van der Waals surface area contributed by atoms with Crippen molar-refractivity contribution in [2.45, 2.75) is 45.3 Å². The number of benzene rings is 1. The van der Waals surface area contributed by atoms with E-state index in [0.29, 0.717) is 6.61 Å². The highest BCUT2D eigenvalue weighted by molar-refractivity contribution is 5.36. The summed E-state index contributed by atoms with van der Waals surface area (Å²) < 4.78 is 5.61. The van der Waals surface area contributed by atoms with Gasteiger partial charge in [-0.2, -0.15) is 0 Å². The third-order valence-electron chi connectivity index (χ3n) is 4.04. The van der Waals surface area contributed by atoms with Crippen LogP contribution in [0.25, 0.3) is 0 Å². The minimum atomic E-state index is -0.489. The highest BCUT2D eigenvalue weighted by atomic mass is 16.5. The SMILES string of the molecule is CCOc1ccccc1C(O)C1CC(CC)CCN1. The third kappa shape index (κ3) is 3.48. The maximum absolute atomic E-state index is 10.6. The van der Waals surface area contributed by atoms with Crippen molar-refractivity contribution >= 4 is 0 Å². The summed E-state index contributed by atoms with van der Waals surface area (Å²) in [6, 6.07) is 7.95. The third-order valence-corrected chi connectivity index (χ3v) is 4.04. The van der Waals surface area contributed by atoms with Crippen LogP contribution in [0.5, 0.6) is 5.75 Å². The van der Waals surface area contributed by atoms with E-state index in [2.05, 4.69) is 12.2 Å². The average Bonchev–Trinajstić information content (AvgIpc) is 2.47. The number of nitrogens with one attached hydrogen (secondary N) is 1. The molecule has 0 radical (unpaired) electrons. The van der Waals surface area contributed by atoms with Crippen molar-refractivity contribution in [2.24, 2.45) is 5.92 Å². The minimum Gasteiger partial charge on any atom is -0.493 e. The van der Waals surface area contributed by atoms with Crippen LogP contribution in [0.3, 0.4) is 0 Å². The van der Waals surface area contributed by atoms with Gasteiger partial charge < -0.3 is 15.2 Å². The van der Waals surface area contributed by atoms with E-state index in [1.807, 2.05) is 31.2 Å². The van der Waals surface area contributed by atoms with Gasteiger partial charge in [0.2, 0.25) is 0 Å². The van der Waals surface area contributed by atoms with Gasteiger partial charge in [-0.3, -0.25) is 0 Å². The summed E-state index contributed by atoms with van der Waals surface area (Å²) in [5.41, 5.74) is 0.901. The Kier molecular flexibility index (Phi) is 5.23. The fraction of sp³-hybridized carbons (Fsp3) is 0.625. The van der Waals surface area contributed by atoms with E-state index in [4.69, 9.17) is 4.74 Å². The molecule has 0 spiro atoms. The van der Waals surface area contributed by atoms with Gasteiger partial charge in [0.1, 0.15) is 5.75 Å². The van der Waals surface area contributed by atoms with Gasteiger partial charge in [0.05, 0.1) is 12.7 Å². The van der Waals surface area contributed by atoms with Crippen LogP contribution in [0, 0.1) is 5.92 Å². The molecule has 1 heterocycles. The monoisotopic (exact) mass is 263 g/mol. The van der Waals surface area contributed by atoms with Gasteiger partial charge in [0.15, 0.2) is 0 Å². The highest BCUT2D eigenvalue weighted by Crippen LogP contribution is 2.32. The minimum absolute atomic E-state index is 0.139. The Morgan fingerprint density at radius 3 is 2.89 bits per heavy atom. The molecule has 3 heteroatoms. The van der Waals surface area contributed by atoms with Crippen LogP contribution < -0.4 is 10.1 Å². The number of aliphatic hydroxyl groups excluding tert-OH is 1. The quantitative estimate of drug-likeness (QED) is 0.858. The Morgan fingerprint density at radius 2 is 2.16 bits per heavy atom. The van der Waals surface area contributed by atoms with Crippen LogP contribution in [0.2, 0.25) is 0 Å². The van der Waals surface area contributed by atoms with Gasteiger partial charge in [-0.05, 0) is 38.3 Å². The van der Waals surface area contributed by atoms with Crippen LogP contribution in [0.15, 0.2) is 24.3 Å². The molecule has 2 rings (SSSR count). The molecule has 0 amide bonds. The second-order valence-corrected chi connectivity index (χ2v) is 5.27. The first-order valence-corrected chi connectivity index (χ1v) is 7.39. The van der Waals surface area contributed by atoms with Crippen LogP contribution in [-0.2, 0) is 0 Å². The maximum atomic E-state index is 10.6. The predicted molar refractivity (Wildman–Crippen MR) is 77.4 cm³/mol. The van der Waals surface area contributed by atoms with Crippen molar-refractivity contribution in [3.05, 3.63) is 29.8 Å². The molecule has 1 saturated heterocycles. The van der Waals surface area contributed by atoms with E-state index >= 15 is 0 Å². The predicted octanol–water partition coefficient (Wildman–Crippen LogP) is 2.90.